The van der Waals surface area contributed by atoms with Crippen molar-refractivity contribution in [3.8, 4) is 11.5 Å². The maximum absolute atomic E-state index is 10.5. The van der Waals surface area contributed by atoms with Crippen molar-refractivity contribution in [1.82, 2.24) is 9.97 Å². The van der Waals surface area contributed by atoms with Gasteiger partial charge in [0.05, 0.1) is 42.7 Å². The van der Waals surface area contributed by atoms with Crippen LogP contribution in [0.25, 0.3) is 0 Å². The topological polar surface area (TPSA) is 131 Å². The van der Waals surface area contributed by atoms with Crippen LogP contribution < -0.4 is 9.47 Å². The normalized spacial score (nSPS) is 20.5. The van der Waals surface area contributed by atoms with Crippen molar-refractivity contribution in [3.05, 3.63) is 77.4 Å². The van der Waals surface area contributed by atoms with E-state index in [1.165, 1.54) is 12.1 Å². The number of aliphatic imine (C=N–C) groups is 1. The van der Waals surface area contributed by atoms with E-state index in [0.717, 1.165) is 46.7 Å². The van der Waals surface area contributed by atoms with Gasteiger partial charge in [-0.05, 0) is 62.9 Å². The number of aromatic nitrogens is 2. The molecule has 2 aromatic carbocycles. The van der Waals surface area contributed by atoms with Gasteiger partial charge >= 0.3 is 0 Å². The zero-order valence-electron chi connectivity index (χ0n) is 21.0. The molecule has 3 atom stereocenters. The number of nitrogens with zero attached hydrogens (tertiary/aromatic N) is 3. The van der Waals surface area contributed by atoms with Gasteiger partial charge in [-0.3, -0.25) is 19.5 Å². The Morgan fingerprint density at radius 3 is 2.46 bits per heavy atom. The molecule has 5 rings (SSSR count). The second-order valence-corrected chi connectivity index (χ2v) is 10.4. The summed E-state index contributed by atoms with van der Waals surface area (Å²) in [4.78, 5) is 13.6. The summed E-state index contributed by atoms with van der Waals surface area (Å²) in [5.41, 5.74) is 4.68. The van der Waals surface area contributed by atoms with E-state index in [9.17, 15) is 13.5 Å². The standard InChI is InChI=1S/C20H23N3O3.C7H8O3S/c1-3-26-19-9-13-14-8-12(24)4-5-16(14)23-20(15(13)10-18(19)25-2)17-11-21-6-7-22-17;1-6-2-4-7(5-3-6)11(8,9)10/h6-7,9-12,14,16,24H,3-5,8H2,1-2H3;2-5H,1H3,(H,8,9,10)/t12-,14-,16-;/m1./s1. The summed E-state index contributed by atoms with van der Waals surface area (Å²) in [5, 5.41) is 10.2. The molecule has 37 heavy (non-hydrogen) atoms. The molecule has 2 N–H and O–H groups in total. The molecule has 2 aliphatic rings. The summed E-state index contributed by atoms with van der Waals surface area (Å²) >= 11 is 0. The third-order valence-electron chi connectivity index (χ3n) is 6.50. The lowest BCUT2D eigenvalue weighted by molar-refractivity contribution is 0.111. The second-order valence-electron chi connectivity index (χ2n) is 9.02. The van der Waals surface area contributed by atoms with E-state index in [2.05, 4.69) is 16.0 Å². The average molecular weight is 526 g/mol. The van der Waals surface area contributed by atoms with Crippen molar-refractivity contribution >= 4 is 15.8 Å². The first-order valence-electron chi connectivity index (χ1n) is 12.1. The maximum Gasteiger partial charge on any atom is 0.294 e. The summed E-state index contributed by atoms with van der Waals surface area (Å²) in [6.45, 7) is 4.36. The van der Waals surface area contributed by atoms with E-state index >= 15 is 0 Å². The van der Waals surface area contributed by atoms with Crippen LogP contribution in [0.2, 0.25) is 0 Å². The molecule has 1 fully saturated rings. The first kappa shape index (κ1) is 26.7. The number of ether oxygens (including phenoxy) is 2. The van der Waals surface area contributed by atoms with Crippen LogP contribution in [-0.4, -0.2) is 59.6 Å². The van der Waals surface area contributed by atoms with Crippen molar-refractivity contribution < 1.29 is 27.6 Å². The highest BCUT2D eigenvalue weighted by atomic mass is 32.2. The predicted molar refractivity (Wildman–Crippen MR) is 139 cm³/mol. The van der Waals surface area contributed by atoms with E-state index in [4.69, 9.17) is 19.0 Å². The number of fused-ring (bicyclic) bond motifs is 3. The summed E-state index contributed by atoms with van der Waals surface area (Å²) in [6.07, 6.45) is 7.16. The monoisotopic (exact) mass is 525 g/mol. The Morgan fingerprint density at radius 2 is 1.84 bits per heavy atom. The average Bonchev–Trinajstić information content (AvgIpc) is 2.89. The molecular formula is C27H31N3O6S. The molecule has 1 saturated carbocycles. The van der Waals surface area contributed by atoms with Gasteiger partial charge in [0.1, 0.15) is 5.69 Å². The van der Waals surface area contributed by atoms with E-state index < -0.39 is 10.1 Å². The fourth-order valence-electron chi connectivity index (χ4n) is 4.71. The molecule has 3 aromatic rings. The number of hydrogen-bond acceptors (Lipinski definition) is 8. The molecule has 1 aliphatic carbocycles. The molecule has 0 spiro atoms. The van der Waals surface area contributed by atoms with Crippen LogP contribution in [0.1, 0.15) is 54.5 Å². The molecule has 9 nitrogen and oxygen atoms in total. The predicted octanol–water partition coefficient (Wildman–Crippen LogP) is 3.97. The maximum atomic E-state index is 10.5. The minimum atomic E-state index is -4.02. The minimum absolute atomic E-state index is 0.0666. The van der Waals surface area contributed by atoms with Gasteiger partial charge in [-0.25, -0.2) is 0 Å². The third-order valence-corrected chi connectivity index (χ3v) is 7.36. The Labute approximate surface area is 217 Å². The van der Waals surface area contributed by atoms with Crippen molar-refractivity contribution in [2.45, 2.75) is 56.1 Å². The molecule has 0 unspecified atom stereocenters. The Balaban J connectivity index is 0.000000245. The van der Waals surface area contributed by atoms with Crippen molar-refractivity contribution in [3.63, 3.8) is 0 Å². The Kier molecular flexibility index (Phi) is 8.21. The van der Waals surface area contributed by atoms with Gasteiger partial charge in [0.2, 0.25) is 0 Å². The zero-order chi connectivity index (χ0) is 26.6. The van der Waals surface area contributed by atoms with Crippen LogP contribution in [0, 0.1) is 6.92 Å². The molecular weight excluding hydrogens is 494 g/mol. The van der Waals surface area contributed by atoms with E-state index in [-0.39, 0.29) is 23.0 Å². The van der Waals surface area contributed by atoms with Gasteiger partial charge in [0.15, 0.2) is 11.5 Å². The van der Waals surface area contributed by atoms with Crippen LogP contribution >= 0.6 is 0 Å². The van der Waals surface area contributed by atoms with E-state index in [1.54, 1.807) is 37.8 Å². The molecule has 0 saturated heterocycles. The number of aliphatic hydroxyl groups is 1. The van der Waals surface area contributed by atoms with Gasteiger partial charge in [-0.15, -0.1) is 0 Å². The molecule has 2 heterocycles. The molecule has 1 aromatic heterocycles. The van der Waals surface area contributed by atoms with E-state index in [1.807, 2.05) is 19.9 Å². The van der Waals surface area contributed by atoms with Crippen molar-refractivity contribution in [1.29, 1.82) is 0 Å². The summed E-state index contributed by atoms with van der Waals surface area (Å²) < 4.78 is 40.9. The number of methoxy groups -OCH3 is 1. The molecule has 0 bridgehead atoms. The van der Waals surface area contributed by atoms with Crippen LogP contribution in [0.15, 0.2) is 64.9 Å². The lowest BCUT2D eigenvalue weighted by atomic mass is 9.74. The molecule has 1 aliphatic heterocycles. The molecule has 10 heteroatoms. The highest BCUT2D eigenvalue weighted by Gasteiger charge is 2.37. The van der Waals surface area contributed by atoms with Crippen molar-refractivity contribution in [2.24, 2.45) is 4.99 Å². The summed E-state index contributed by atoms with van der Waals surface area (Å²) in [5.74, 6) is 1.59. The molecule has 196 valence electrons. The van der Waals surface area contributed by atoms with Gasteiger partial charge in [-0.1, -0.05) is 17.7 Å². The highest BCUT2D eigenvalue weighted by molar-refractivity contribution is 7.85. The van der Waals surface area contributed by atoms with Gasteiger partial charge < -0.3 is 14.6 Å². The van der Waals surface area contributed by atoms with Gasteiger partial charge in [0, 0.05) is 23.9 Å². The smallest absolute Gasteiger partial charge is 0.294 e. The van der Waals surface area contributed by atoms with Gasteiger partial charge in [-0.2, -0.15) is 8.42 Å². The van der Waals surface area contributed by atoms with E-state index in [0.29, 0.717) is 18.8 Å². The fraction of sp³-hybridized carbons (Fsp3) is 0.370. The SMILES string of the molecule is CCOc1cc2c(cc1OC)C(c1cnccn1)=N[C@@H]1CC[C@@H](O)C[C@H]21.Cc1ccc(S(=O)(=O)O)cc1. The van der Waals surface area contributed by atoms with Crippen LogP contribution in [-0.2, 0) is 10.1 Å². The fourth-order valence-corrected chi connectivity index (χ4v) is 5.19. The van der Waals surface area contributed by atoms with Crippen LogP contribution in [0.4, 0.5) is 0 Å². The van der Waals surface area contributed by atoms with Gasteiger partial charge in [0.25, 0.3) is 10.1 Å². The molecule has 0 radical (unpaired) electrons. The first-order chi connectivity index (χ1) is 17.7. The summed E-state index contributed by atoms with van der Waals surface area (Å²) in [7, 11) is -2.38. The van der Waals surface area contributed by atoms with Crippen LogP contribution in [0.5, 0.6) is 11.5 Å². The summed E-state index contributed by atoms with van der Waals surface area (Å²) in [6, 6.07) is 10.2. The Morgan fingerprint density at radius 1 is 1.08 bits per heavy atom. The quantitative estimate of drug-likeness (QED) is 0.479. The Hall–Kier alpha value is -3.34. The minimum Gasteiger partial charge on any atom is -0.493 e. The lowest BCUT2D eigenvalue weighted by Gasteiger charge is -2.37. The largest absolute Gasteiger partial charge is 0.493 e. The third kappa shape index (κ3) is 6.15. The molecule has 0 amide bonds. The number of rotatable bonds is 5. The number of hydrogen-bond donors (Lipinski definition) is 2. The Bertz CT molecular complexity index is 1360. The van der Waals surface area contributed by atoms with Crippen molar-refractivity contribution in [2.75, 3.05) is 13.7 Å². The van der Waals surface area contributed by atoms with Crippen LogP contribution in [0.3, 0.4) is 0 Å². The number of benzene rings is 2. The highest BCUT2D eigenvalue weighted by Crippen LogP contribution is 2.44. The number of aryl methyl sites for hydroxylation is 1. The first-order valence-corrected chi connectivity index (χ1v) is 13.6. The number of aliphatic hydroxyl groups excluding tert-OH is 1. The second kappa shape index (κ2) is 11.4. The lowest BCUT2D eigenvalue weighted by Crippen LogP contribution is -2.34. The zero-order valence-corrected chi connectivity index (χ0v) is 21.9.